The SMILES string of the molecule is CC(C)N(C[C@@H](N)CCCN=C(N)N)C(=O)Cc1ccc2ccccc2c1. The first-order valence-electron chi connectivity index (χ1n) is 9.45. The van der Waals surface area contributed by atoms with Crippen LogP contribution in [0.15, 0.2) is 47.5 Å². The molecule has 1 atom stereocenters. The predicted octanol–water partition coefficient (Wildman–Crippen LogP) is 2.00. The van der Waals surface area contributed by atoms with Gasteiger partial charge in [-0.3, -0.25) is 9.79 Å². The van der Waals surface area contributed by atoms with Gasteiger partial charge >= 0.3 is 0 Å². The van der Waals surface area contributed by atoms with Crippen LogP contribution in [0.2, 0.25) is 0 Å². The number of carbonyl (C=O) groups is 1. The highest BCUT2D eigenvalue weighted by Gasteiger charge is 2.20. The Morgan fingerprint density at radius 1 is 1.11 bits per heavy atom. The van der Waals surface area contributed by atoms with Gasteiger partial charge in [-0.1, -0.05) is 42.5 Å². The van der Waals surface area contributed by atoms with Gasteiger partial charge in [-0.05, 0) is 43.0 Å². The lowest BCUT2D eigenvalue weighted by Gasteiger charge is -2.29. The standard InChI is InChI=1S/C21H31N5O/c1-15(2)26(14-19(22)8-5-11-25-21(23)24)20(27)13-16-9-10-17-6-3-4-7-18(17)12-16/h3-4,6-7,9-10,12,15,19H,5,8,11,13-14,22H2,1-2H3,(H4,23,24,25)/t19-/m0/s1. The zero-order valence-electron chi connectivity index (χ0n) is 16.3. The first-order chi connectivity index (χ1) is 12.9. The zero-order chi connectivity index (χ0) is 19.8. The van der Waals surface area contributed by atoms with E-state index < -0.39 is 0 Å². The molecule has 0 spiro atoms. The Bertz CT molecular complexity index is 783. The van der Waals surface area contributed by atoms with E-state index in [0.717, 1.165) is 23.8 Å². The summed E-state index contributed by atoms with van der Waals surface area (Å²) in [6, 6.07) is 14.3. The molecule has 0 aromatic heterocycles. The average molecular weight is 370 g/mol. The fourth-order valence-corrected chi connectivity index (χ4v) is 3.13. The normalized spacial score (nSPS) is 12.1. The largest absolute Gasteiger partial charge is 0.370 e. The van der Waals surface area contributed by atoms with Crippen molar-refractivity contribution in [2.75, 3.05) is 13.1 Å². The third-order valence-corrected chi connectivity index (χ3v) is 4.57. The molecule has 0 saturated heterocycles. The first kappa shape index (κ1) is 20.7. The van der Waals surface area contributed by atoms with Crippen LogP contribution in [-0.2, 0) is 11.2 Å². The lowest BCUT2D eigenvalue weighted by atomic mass is 10.0. The molecule has 0 fully saturated rings. The van der Waals surface area contributed by atoms with E-state index in [9.17, 15) is 4.79 Å². The number of nitrogens with two attached hydrogens (primary N) is 3. The first-order valence-corrected chi connectivity index (χ1v) is 9.45. The number of aliphatic imine (C=N–C) groups is 1. The minimum absolute atomic E-state index is 0.0952. The van der Waals surface area contributed by atoms with Crippen LogP contribution in [0.1, 0.15) is 32.3 Å². The maximum Gasteiger partial charge on any atom is 0.227 e. The van der Waals surface area contributed by atoms with Crippen molar-refractivity contribution in [3.63, 3.8) is 0 Å². The molecule has 0 aliphatic carbocycles. The molecule has 6 heteroatoms. The quantitative estimate of drug-likeness (QED) is 0.357. The minimum atomic E-state index is -0.0952. The molecule has 2 aromatic rings. The Hall–Kier alpha value is -2.60. The Morgan fingerprint density at radius 2 is 1.81 bits per heavy atom. The molecule has 1 amide bonds. The Morgan fingerprint density at radius 3 is 2.48 bits per heavy atom. The summed E-state index contributed by atoms with van der Waals surface area (Å²) in [5.74, 6) is 0.192. The number of amides is 1. The van der Waals surface area contributed by atoms with Crippen molar-refractivity contribution in [1.29, 1.82) is 0 Å². The van der Waals surface area contributed by atoms with Crippen molar-refractivity contribution in [2.45, 2.75) is 45.2 Å². The van der Waals surface area contributed by atoms with Crippen LogP contribution in [0.3, 0.4) is 0 Å². The van der Waals surface area contributed by atoms with E-state index in [1.54, 1.807) is 0 Å². The molecule has 0 aliphatic rings. The number of hydrogen-bond acceptors (Lipinski definition) is 3. The highest BCUT2D eigenvalue weighted by molar-refractivity contribution is 5.85. The maximum atomic E-state index is 12.9. The van der Waals surface area contributed by atoms with Gasteiger partial charge in [-0.2, -0.15) is 0 Å². The van der Waals surface area contributed by atoms with Crippen LogP contribution >= 0.6 is 0 Å². The van der Waals surface area contributed by atoms with Gasteiger partial charge in [0.05, 0.1) is 6.42 Å². The summed E-state index contributed by atoms with van der Waals surface area (Å²) in [4.78, 5) is 18.7. The van der Waals surface area contributed by atoms with Crippen LogP contribution in [0.25, 0.3) is 10.8 Å². The number of carbonyl (C=O) groups excluding carboxylic acids is 1. The fourth-order valence-electron chi connectivity index (χ4n) is 3.13. The Kier molecular flexibility index (Phi) is 7.61. The Balaban J connectivity index is 1.95. The van der Waals surface area contributed by atoms with Gasteiger partial charge < -0.3 is 22.1 Å². The third kappa shape index (κ3) is 6.57. The van der Waals surface area contributed by atoms with Crippen LogP contribution < -0.4 is 17.2 Å². The predicted molar refractivity (Wildman–Crippen MR) is 112 cm³/mol. The second-order valence-electron chi connectivity index (χ2n) is 7.21. The van der Waals surface area contributed by atoms with E-state index in [0.29, 0.717) is 19.5 Å². The van der Waals surface area contributed by atoms with E-state index in [1.165, 1.54) is 5.39 Å². The zero-order valence-corrected chi connectivity index (χ0v) is 16.3. The van der Waals surface area contributed by atoms with Crippen molar-refractivity contribution >= 4 is 22.6 Å². The number of rotatable bonds is 9. The summed E-state index contributed by atoms with van der Waals surface area (Å²) in [6.45, 7) is 5.13. The molecule has 146 valence electrons. The van der Waals surface area contributed by atoms with Gasteiger partial charge in [0, 0.05) is 25.2 Å². The molecular formula is C21H31N5O. The lowest BCUT2D eigenvalue weighted by Crippen LogP contribution is -2.45. The molecule has 0 aliphatic heterocycles. The van der Waals surface area contributed by atoms with Gasteiger partial charge in [-0.15, -0.1) is 0 Å². The second kappa shape index (κ2) is 9.92. The fraction of sp³-hybridized carbons (Fsp3) is 0.429. The number of guanidine groups is 1. The summed E-state index contributed by atoms with van der Waals surface area (Å²) >= 11 is 0. The number of fused-ring (bicyclic) bond motifs is 1. The number of nitrogens with zero attached hydrogens (tertiary/aromatic N) is 2. The molecule has 0 unspecified atom stereocenters. The average Bonchev–Trinajstić information content (AvgIpc) is 2.62. The molecular weight excluding hydrogens is 338 g/mol. The summed E-state index contributed by atoms with van der Waals surface area (Å²) in [5, 5.41) is 2.33. The van der Waals surface area contributed by atoms with E-state index in [-0.39, 0.29) is 24.0 Å². The molecule has 2 aromatic carbocycles. The number of benzene rings is 2. The van der Waals surface area contributed by atoms with Crippen molar-refractivity contribution in [1.82, 2.24) is 4.90 Å². The molecule has 0 bridgehead atoms. The molecule has 6 nitrogen and oxygen atoms in total. The summed E-state index contributed by atoms with van der Waals surface area (Å²) in [6.07, 6.45) is 1.94. The summed E-state index contributed by atoms with van der Waals surface area (Å²) < 4.78 is 0. The van der Waals surface area contributed by atoms with Crippen molar-refractivity contribution in [2.24, 2.45) is 22.2 Å². The van der Waals surface area contributed by atoms with Crippen molar-refractivity contribution in [3.8, 4) is 0 Å². The lowest BCUT2D eigenvalue weighted by molar-refractivity contribution is -0.132. The molecule has 0 radical (unpaired) electrons. The van der Waals surface area contributed by atoms with Crippen LogP contribution in [-0.4, -0.2) is 41.9 Å². The third-order valence-electron chi connectivity index (χ3n) is 4.57. The highest BCUT2D eigenvalue weighted by Crippen LogP contribution is 2.17. The minimum Gasteiger partial charge on any atom is -0.370 e. The van der Waals surface area contributed by atoms with Gasteiger partial charge in [0.25, 0.3) is 0 Å². The smallest absolute Gasteiger partial charge is 0.227 e. The van der Waals surface area contributed by atoms with E-state index in [2.05, 4.69) is 29.3 Å². The topological polar surface area (TPSA) is 111 Å². The van der Waals surface area contributed by atoms with Crippen LogP contribution in [0, 0.1) is 0 Å². The monoisotopic (exact) mass is 369 g/mol. The molecule has 27 heavy (non-hydrogen) atoms. The van der Waals surface area contributed by atoms with Crippen LogP contribution in [0.4, 0.5) is 0 Å². The van der Waals surface area contributed by atoms with Gasteiger partial charge in [0.2, 0.25) is 5.91 Å². The van der Waals surface area contributed by atoms with Crippen molar-refractivity contribution in [3.05, 3.63) is 48.0 Å². The molecule has 6 N–H and O–H groups in total. The van der Waals surface area contributed by atoms with E-state index in [1.807, 2.05) is 36.9 Å². The summed E-state index contributed by atoms with van der Waals surface area (Å²) in [5.41, 5.74) is 17.9. The van der Waals surface area contributed by atoms with Crippen LogP contribution in [0.5, 0.6) is 0 Å². The Labute approximate surface area is 161 Å². The van der Waals surface area contributed by atoms with Gasteiger partial charge in [0.1, 0.15) is 0 Å². The number of hydrogen-bond donors (Lipinski definition) is 3. The van der Waals surface area contributed by atoms with Gasteiger partial charge in [-0.25, -0.2) is 0 Å². The summed E-state index contributed by atoms with van der Waals surface area (Å²) in [7, 11) is 0. The highest BCUT2D eigenvalue weighted by atomic mass is 16.2. The van der Waals surface area contributed by atoms with Crippen molar-refractivity contribution < 1.29 is 4.79 Å². The molecule has 2 rings (SSSR count). The molecule has 0 heterocycles. The maximum absolute atomic E-state index is 12.9. The van der Waals surface area contributed by atoms with E-state index >= 15 is 0 Å². The molecule has 0 saturated carbocycles. The van der Waals surface area contributed by atoms with E-state index in [4.69, 9.17) is 17.2 Å². The van der Waals surface area contributed by atoms with Gasteiger partial charge in [0.15, 0.2) is 5.96 Å². The second-order valence-corrected chi connectivity index (χ2v) is 7.21.